The summed E-state index contributed by atoms with van der Waals surface area (Å²) in [7, 11) is 0. The molecule has 41 heavy (non-hydrogen) atoms. The van der Waals surface area contributed by atoms with Gasteiger partial charge in [0.05, 0.1) is 11.4 Å². The summed E-state index contributed by atoms with van der Waals surface area (Å²) in [5.74, 6) is 0.499. The van der Waals surface area contributed by atoms with E-state index in [1.54, 1.807) is 24.6 Å². The van der Waals surface area contributed by atoms with Crippen molar-refractivity contribution in [3.05, 3.63) is 144 Å². The van der Waals surface area contributed by atoms with Gasteiger partial charge in [0.1, 0.15) is 11.5 Å². The van der Waals surface area contributed by atoms with Crippen molar-refractivity contribution in [1.82, 2.24) is 0 Å². The van der Waals surface area contributed by atoms with Crippen molar-refractivity contribution in [3.63, 3.8) is 0 Å². The number of rotatable bonds is 4. The molecule has 1 radical (unpaired) electrons. The summed E-state index contributed by atoms with van der Waals surface area (Å²) in [5, 5.41) is 24.3. The number of hydrogen-bond donors (Lipinski definition) is 2. The summed E-state index contributed by atoms with van der Waals surface area (Å²) in [6.45, 7) is 4.09. The van der Waals surface area contributed by atoms with Gasteiger partial charge in [-0.2, -0.15) is 0 Å². The number of hydrogen-bond acceptors (Lipinski definition) is 4. The minimum Gasteiger partial charge on any atom is -0.507 e. The minimum absolute atomic E-state index is 0. The third-order valence-electron chi connectivity index (χ3n) is 6.65. The maximum atomic E-state index is 10.0. The number of aliphatic imine (C=N–C) groups is 2. The van der Waals surface area contributed by atoms with E-state index in [2.05, 4.69) is 9.98 Å². The topological polar surface area (TPSA) is 65.2 Å². The number of benzene rings is 6. The summed E-state index contributed by atoms with van der Waals surface area (Å²) in [6, 6.07) is 39.1. The zero-order valence-electron chi connectivity index (χ0n) is 22.8. The van der Waals surface area contributed by atoms with Crippen molar-refractivity contribution in [3.8, 4) is 11.5 Å². The van der Waals surface area contributed by atoms with Crippen LogP contribution in [0.2, 0.25) is 0 Å². The van der Waals surface area contributed by atoms with Gasteiger partial charge in [0.25, 0.3) is 0 Å². The van der Waals surface area contributed by atoms with E-state index >= 15 is 0 Å². The fourth-order valence-corrected chi connectivity index (χ4v) is 4.38. The van der Waals surface area contributed by atoms with Crippen molar-refractivity contribution in [2.24, 2.45) is 9.98 Å². The molecule has 0 bridgehead atoms. The molecular formula is C36H30CuN2O2. The van der Waals surface area contributed by atoms with Gasteiger partial charge in [-0.15, -0.1) is 0 Å². The SMILES string of the molecule is Cc1ccc(N=Cc2c(O)ccc3ccccc23)cc1.Cc1ccc(N=Cc2c(O)ccc3ccccc23)cc1.[Cu]. The van der Waals surface area contributed by atoms with E-state index in [0.717, 1.165) is 44.0 Å². The van der Waals surface area contributed by atoms with E-state index in [1.807, 2.05) is 123 Å². The maximum Gasteiger partial charge on any atom is 0.124 e. The van der Waals surface area contributed by atoms with Gasteiger partial charge in [-0.25, -0.2) is 0 Å². The molecule has 6 aromatic carbocycles. The van der Waals surface area contributed by atoms with Crippen LogP contribution in [0.5, 0.6) is 11.5 Å². The molecule has 0 saturated carbocycles. The molecule has 0 aliphatic carbocycles. The van der Waals surface area contributed by atoms with E-state index in [0.29, 0.717) is 0 Å². The average Bonchev–Trinajstić information content (AvgIpc) is 2.98. The van der Waals surface area contributed by atoms with Crippen LogP contribution in [0, 0.1) is 13.8 Å². The third-order valence-corrected chi connectivity index (χ3v) is 6.65. The molecule has 6 aromatic rings. The van der Waals surface area contributed by atoms with Gasteiger partial charge >= 0.3 is 0 Å². The molecule has 4 nitrogen and oxygen atoms in total. The number of phenolic OH excluding ortho intramolecular Hbond substituents is 2. The van der Waals surface area contributed by atoms with Crippen molar-refractivity contribution in [1.29, 1.82) is 0 Å². The van der Waals surface area contributed by atoms with Gasteiger partial charge in [-0.3, -0.25) is 9.98 Å². The van der Waals surface area contributed by atoms with Gasteiger partial charge < -0.3 is 10.2 Å². The maximum absolute atomic E-state index is 10.0. The zero-order valence-corrected chi connectivity index (χ0v) is 23.7. The van der Waals surface area contributed by atoms with Crippen LogP contribution in [-0.4, -0.2) is 22.6 Å². The van der Waals surface area contributed by atoms with Crippen LogP contribution in [0.25, 0.3) is 21.5 Å². The van der Waals surface area contributed by atoms with E-state index in [4.69, 9.17) is 0 Å². The minimum atomic E-state index is 0. The van der Waals surface area contributed by atoms with E-state index in [1.165, 1.54) is 11.1 Å². The van der Waals surface area contributed by atoms with Crippen LogP contribution >= 0.6 is 0 Å². The molecule has 0 unspecified atom stereocenters. The fraction of sp³-hybridized carbons (Fsp3) is 0.0556. The molecule has 0 fully saturated rings. The Balaban J connectivity index is 0.000000184. The van der Waals surface area contributed by atoms with Crippen molar-refractivity contribution < 1.29 is 27.3 Å². The predicted octanol–water partition coefficient (Wildman–Crippen LogP) is 9.21. The third kappa shape index (κ3) is 7.29. The van der Waals surface area contributed by atoms with Gasteiger partial charge in [-0.05, 0) is 71.8 Å². The average molecular weight is 586 g/mol. The summed E-state index contributed by atoms with van der Waals surface area (Å²) in [5.41, 5.74) is 5.67. The number of phenols is 2. The Morgan fingerprint density at radius 3 is 1.22 bits per heavy atom. The molecule has 0 spiro atoms. The predicted molar refractivity (Wildman–Crippen MR) is 168 cm³/mol. The van der Waals surface area contributed by atoms with Gasteiger partial charge in [0.15, 0.2) is 0 Å². The molecule has 6 rings (SSSR count). The van der Waals surface area contributed by atoms with Gasteiger partial charge in [0, 0.05) is 40.6 Å². The Bertz CT molecular complexity index is 1690. The van der Waals surface area contributed by atoms with Crippen LogP contribution in [0.4, 0.5) is 11.4 Å². The van der Waals surface area contributed by atoms with Crippen molar-refractivity contribution in [2.45, 2.75) is 13.8 Å². The van der Waals surface area contributed by atoms with E-state index in [9.17, 15) is 10.2 Å². The molecule has 207 valence electrons. The first-order chi connectivity index (χ1) is 19.5. The molecule has 5 heteroatoms. The second kappa shape index (κ2) is 13.6. The van der Waals surface area contributed by atoms with E-state index in [-0.39, 0.29) is 28.6 Å². The number of nitrogens with zero attached hydrogens (tertiary/aromatic N) is 2. The molecule has 2 N–H and O–H groups in total. The van der Waals surface area contributed by atoms with Crippen molar-refractivity contribution in [2.75, 3.05) is 0 Å². The summed E-state index contributed by atoms with van der Waals surface area (Å²) in [4.78, 5) is 8.89. The van der Waals surface area contributed by atoms with Crippen LogP contribution in [-0.2, 0) is 17.1 Å². The Morgan fingerprint density at radius 2 is 0.829 bits per heavy atom. The number of aromatic hydroxyl groups is 2. The quantitative estimate of drug-likeness (QED) is 0.160. The summed E-state index contributed by atoms with van der Waals surface area (Å²) < 4.78 is 0. The first kappa shape index (κ1) is 29.3. The molecule has 0 amide bonds. The van der Waals surface area contributed by atoms with Crippen LogP contribution in [0.15, 0.2) is 131 Å². The smallest absolute Gasteiger partial charge is 0.124 e. The Kier molecular flexibility index (Phi) is 9.70. The van der Waals surface area contributed by atoms with Crippen molar-refractivity contribution >= 4 is 45.3 Å². The first-order valence-electron chi connectivity index (χ1n) is 13.1. The fourth-order valence-electron chi connectivity index (χ4n) is 4.38. The van der Waals surface area contributed by atoms with Gasteiger partial charge in [-0.1, -0.05) is 96.1 Å². The Hall–Kier alpha value is -4.70. The molecule has 0 aromatic heterocycles. The number of aryl methyl sites for hydroxylation is 2. The van der Waals surface area contributed by atoms with Gasteiger partial charge in [0.2, 0.25) is 0 Å². The van der Waals surface area contributed by atoms with Crippen LogP contribution < -0.4 is 0 Å². The molecule has 0 aliphatic rings. The Morgan fingerprint density at radius 1 is 0.463 bits per heavy atom. The summed E-state index contributed by atoms with van der Waals surface area (Å²) in [6.07, 6.45) is 3.45. The zero-order chi connectivity index (χ0) is 27.9. The molecule has 0 atom stereocenters. The monoisotopic (exact) mass is 585 g/mol. The van der Waals surface area contributed by atoms with Crippen LogP contribution in [0.3, 0.4) is 0 Å². The standard InChI is InChI=1S/2C18H15NO.Cu/c2*1-13-6-9-15(10-7-13)19-12-17-16-5-3-2-4-14(16)8-11-18(17)20;/h2*2-12,20H,1H3;. The van der Waals surface area contributed by atoms with Crippen LogP contribution in [0.1, 0.15) is 22.3 Å². The largest absolute Gasteiger partial charge is 0.507 e. The molecular weight excluding hydrogens is 556 g/mol. The normalized spacial score (nSPS) is 11.0. The first-order valence-corrected chi connectivity index (χ1v) is 13.1. The Labute approximate surface area is 250 Å². The molecule has 0 heterocycles. The molecule has 0 saturated heterocycles. The summed E-state index contributed by atoms with van der Waals surface area (Å²) >= 11 is 0. The second-order valence-electron chi connectivity index (χ2n) is 9.63. The van der Waals surface area contributed by atoms with E-state index < -0.39 is 0 Å². The number of fused-ring (bicyclic) bond motifs is 2. The second-order valence-corrected chi connectivity index (χ2v) is 9.63. The molecule has 0 aliphatic heterocycles.